The summed E-state index contributed by atoms with van der Waals surface area (Å²) in [6.07, 6.45) is 0.223. The highest BCUT2D eigenvalue weighted by molar-refractivity contribution is 8.00. The predicted octanol–water partition coefficient (Wildman–Crippen LogP) is 4.70. The van der Waals surface area contributed by atoms with Crippen LogP contribution in [-0.4, -0.2) is 24.1 Å². The molecule has 7 heteroatoms. The maximum atomic E-state index is 12.3. The SMILES string of the molecule is C[C@H](NC(=O)CCN1C(=O)CSc2ccccc21)c1ccc(Cl)cc1Cl. The predicted molar refractivity (Wildman–Crippen MR) is 107 cm³/mol. The minimum absolute atomic E-state index is 0.0234. The van der Waals surface area contributed by atoms with Crippen LogP contribution in [0.3, 0.4) is 0 Å². The molecule has 1 atom stereocenters. The van der Waals surface area contributed by atoms with E-state index >= 15 is 0 Å². The zero-order valence-corrected chi connectivity index (χ0v) is 16.5. The average molecular weight is 409 g/mol. The molecular formula is C19H18Cl2N2O2S. The number of fused-ring (bicyclic) bond motifs is 1. The largest absolute Gasteiger partial charge is 0.349 e. The monoisotopic (exact) mass is 408 g/mol. The Hall–Kier alpha value is -1.69. The van der Waals surface area contributed by atoms with Gasteiger partial charge in [-0.1, -0.05) is 41.4 Å². The van der Waals surface area contributed by atoms with Crippen molar-refractivity contribution in [3.05, 3.63) is 58.1 Å². The third-order valence-electron chi connectivity index (χ3n) is 4.18. The summed E-state index contributed by atoms with van der Waals surface area (Å²) < 4.78 is 0. The smallest absolute Gasteiger partial charge is 0.237 e. The van der Waals surface area contributed by atoms with Gasteiger partial charge in [0, 0.05) is 27.9 Å². The van der Waals surface area contributed by atoms with Crippen LogP contribution in [0.5, 0.6) is 0 Å². The number of thioether (sulfide) groups is 1. The molecule has 26 heavy (non-hydrogen) atoms. The van der Waals surface area contributed by atoms with Gasteiger partial charge in [-0.05, 0) is 36.8 Å². The molecule has 0 aliphatic carbocycles. The van der Waals surface area contributed by atoms with Crippen molar-refractivity contribution in [2.24, 2.45) is 0 Å². The zero-order chi connectivity index (χ0) is 18.7. The van der Waals surface area contributed by atoms with Crippen LogP contribution in [0.1, 0.15) is 24.9 Å². The van der Waals surface area contributed by atoms with Gasteiger partial charge in [0.05, 0.1) is 17.5 Å². The summed E-state index contributed by atoms with van der Waals surface area (Å²) in [4.78, 5) is 27.3. The fourth-order valence-electron chi connectivity index (χ4n) is 2.86. The molecule has 4 nitrogen and oxygen atoms in total. The summed E-state index contributed by atoms with van der Waals surface area (Å²) in [6.45, 7) is 2.22. The molecule has 0 fully saturated rings. The Bertz CT molecular complexity index is 844. The summed E-state index contributed by atoms with van der Waals surface area (Å²) in [5.41, 5.74) is 1.68. The van der Waals surface area contributed by atoms with E-state index in [1.807, 2.05) is 31.2 Å². The number of amides is 2. The molecular weight excluding hydrogens is 391 g/mol. The number of benzene rings is 2. The molecule has 1 aliphatic heterocycles. The van der Waals surface area contributed by atoms with Gasteiger partial charge in [-0.15, -0.1) is 11.8 Å². The molecule has 3 rings (SSSR count). The quantitative estimate of drug-likeness (QED) is 0.779. The van der Waals surface area contributed by atoms with Crippen LogP contribution in [0.2, 0.25) is 10.0 Å². The molecule has 1 aliphatic rings. The van der Waals surface area contributed by atoms with Gasteiger partial charge in [0.1, 0.15) is 0 Å². The number of nitrogens with zero attached hydrogens (tertiary/aromatic N) is 1. The number of carbonyl (C=O) groups is 2. The topological polar surface area (TPSA) is 49.4 Å². The minimum Gasteiger partial charge on any atom is -0.349 e. The lowest BCUT2D eigenvalue weighted by Crippen LogP contribution is -2.38. The highest BCUT2D eigenvalue weighted by atomic mass is 35.5. The molecule has 0 saturated heterocycles. The minimum atomic E-state index is -0.243. The van der Waals surface area contributed by atoms with Crippen LogP contribution in [0.4, 0.5) is 5.69 Å². The van der Waals surface area contributed by atoms with Crippen LogP contribution in [-0.2, 0) is 9.59 Å². The van der Waals surface area contributed by atoms with Crippen molar-refractivity contribution in [2.45, 2.75) is 24.3 Å². The standard InChI is InChI=1S/C19H18Cl2N2O2S/c1-12(14-7-6-13(20)10-15(14)21)22-18(24)8-9-23-16-4-2-3-5-17(16)26-11-19(23)25/h2-7,10,12H,8-9,11H2,1H3,(H,22,24)/t12-/m0/s1. The molecule has 0 unspecified atom stereocenters. The van der Waals surface area contributed by atoms with Crippen molar-refractivity contribution in [1.29, 1.82) is 0 Å². The second-order valence-electron chi connectivity index (χ2n) is 6.01. The summed E-state index contributed by atoms with van der Waals surface area (Å²) >= 11 is 13.6. The summed E-state index contributed by atoms with van der Waals surface area (Å²) in [5, 5.41) is 3.99. The van der Waals surface area contributed by atoms with E-state index < -0.39 is 0 Å². The van der Waals surface area contributed by atoms with Crippen LogP contribution >= 0.6 is 35.0 Å². The first-order chi connectivity index (χ1) is 12.5. The van der Waals surface area contributed by atoms with E-state index in [1.54, 1.807) is 23.1 Å². The van der Waals surface area contributed by atoms with Crippen LogP contribution in [0.25, 0.3) is 0 Å². The van der Waals surface area contributed by atoms with Crippen molar-refractivity contribution in [3.8, 4) is 0 Å². The number of nitrogens with one attached hydrogen (secondary N) is 1. The van der Waals surface area contributed by atoms with Crippen LogP contribution < -0.4 is 10.2 Å². The number of anilines is 1. The van der Waals surface area contributed by atoms with Crippen LogP contribution in [0, 0.1) is 0 Å². The fraction of sp³-hybridized carbons (Fsp3) is 0.263. The summed E-state index contributed by atoms with van der Waals surface area (Å²) in [7, 11) is 0. The van der Waals surface area contributed by atoms with Gasteiger partial charge in [-0.3, -0.25) is 9.59 Å². The molecule has 0 saturated carbocycles. The fourth-order valence-corrected chi connectivity index (χ4v) is 4.36. The van der Waals surface area contributed by atoms with E-state index in [0.29, 0.717) is 22.3 Å². The Morgan fingerprint density at radius 3 is 2.81 bits per heavy atom. The molecule has 2 amide bonds. The van der Waals surface area contributed by atoms with Gasteiger partial charge in [0.2, 0.25) is 11.8 Å². The molecule has 0 radical (unpaired) electrons. The summed E-state index contributed by atoms with van der Waals surface area (Å²) in [5.74, 6) is 0.289. The van der Waals surface area contributed by atoms with Gasteiger partial charge in [0.25, 0.3) is 0 Å². The van der Waals surface area contributed by atoms with E-state index in [-0.39, 0.29) is 24.3 Å². The number of para-hydroxylation sites is 1. The number of halogens is 2. The van der Waals surface area contributed by atoms with Crippen molar-refractivity contribution in [2.75, 3.05) is 17.2 Å². The lowest BCUT2D eigenvalue weighted by molar-refractivity contribution is -0.121. The lowest BCUT2D eigenvalue weighted by Gasteiger charge is -2.28. The highest BCUT2D eigenvalue weighted by Crippen LogP contribution is 2.35. The van der Waals surface area contributed by atoms with E-state index in [1.165, 1.54) is 11.8 Å². The molecule has 0 spiro atoms. The van der Waals surface area contributed by atoms with Crippen molar-refractivity contribution in [1.82, 2.24) is 5.32 Å². The molecule has 1 heterocycles. The first-order valence-electron chi connectivity index (χ1n) is 8.22. The summed E-state index contributed by atoms with van der Waals surface area (Å²) in [6, 6.07) is 12.7. The van der Waals surface area contributed by atoms with E-state index in [2.05, 4.69) is 5.32 Å². The molecule has 136 valence electrons. The van der Waals surface area contributed by atoms with E-state index in [4.69, 9.17) is 23.2 Å². The first-order valence-corrected chi connectivity index (χ1v) is 9.96. The van der Waals surface area contributed by atoms with Crippen LogP contribution in [0.15, 0.2) is 47.4 Å². The van der Waals surface area contributed by atoms with E-state index in [9.17, 15) is 9.59 Å². The Morgan fingerprint density at radius 1 is 1.27 bits per heavy atom. The van der Waals surface area contributed by atoms with Gasteiger partial charge >= 0.3 is 0 Å². The Morgan fingerprint density at radius 2 is 2.04 bits per heavy atom. The van der Waals surface area contributed by atoms with Crippen molar-refractivity contribution in [3.63, 3.8) is 0 Å². The second kappa shape index (κ2) is 8.33. The van der Waals surface area contributed by atoms with Gasteiger partial charge in [-0.25, -0.2) is 0 Å². The molecule has 2 aromatic carbocycles. The third kappa shape index (κ3) is 4.34. The highest BCUT2D eigenvalue weighted by Gasteiger charge is 2.25. The third-order valence-corrected chi connectivity index (χ3v) is 5.79. The number of hydrogen-bond donors (Lipinski definition) is 1. The van der Waals surface area contributed by atoms with E-state index in [0.717, 1.165) is 16.1 Å². The number of rotatable bonds is 5. The zero-order valence-electron chi connectivity index (χ0n) is 14.2. The van der Waals surface area contributed by atoms with Crippen molar-refractivity contribution >= 4 is 52.5 Å². The second-order valence-corrected chi connectivity index (χ2v) is 7.87. The van der Waals surface area contributed by atoms with Gasteiger partial charge in [-0.2, -0.15) is 0 Å². The Balaban J connectivity index is 1.61. The molecule has 1 N–H and O–H groups in total. The number of carbonyl (C=O) groups excluding carboxylic acids is 2. The lowest BCUT2D eigenvalue weighted by atomic mass is 10.1. The normalized spacial score (nSPS) is 14.7. The van der Waals surface area contributed by atoms with Crippen molar-refractivity contribution < 1.29 is 9.59 Å². The van der Waals surface area contributed by atoms with Gasteiger partial charge in [0.15, 0.2) is 0 Å². The van der Waals surface area contributed by atoms with Gasteiger partial charge < -0.3 is 10.2 Å². The number of hydrogen-bond acceptors (Lipinski definition) is 3. The first kappa shape index (κ1) is 19.1. The maximum absolute atomic E-state index is 12.3. The Labute approximate surface area is 166 Å². The molecule has 0 bridgehead atoms. The maximum Gasteiger partial charge on any atom is 0.237 e. The average Bonchev–Trinajstić information content (AvgIpc) is 2.60. The molecule has 2 aromatic rings. The Kier molecular flexibility index (Phi) is 6.12. The molecule has 0 aromatic heterocycles.